The second-order valence-corrected chi connectivity index (χ2v) is 4.72. The van der Waals surface area contributed by atoms with E-state index >= 15 is 0 Å². The Bertz CT molecular complexity index is 565. The number of halogens is 1. The van der Waals surface area contributed by atoms with Crippen molar-refractivity contribution in [2.24, 2.45) is 7.05 Å². The Morgan fingerprint density at radius 1 is 1.37 bits per heavy atom. The maximum atomic E-state index is 6.12. The highest BCUT2D eigenvalue weighted by Crippen LogP contribution is 2.20. The summed E-state index contributed by atoms with van der Waals surface area (Å²) >= 11 is 6.12. The van der Waals surface area contributed by atoms with Gasteiger partial charge in [0.1, 0.15) is 23.1 Å². The molecule has 2 rings (SSSR count). The Morgan fingerprint density at radius 2 is 2.16 bits per heavy atom. The zero-order chi connectivity index (χ0) is 13.8. The van der Waals surface area contributed by atoms with Crippen LogP contribution in [0, 0.1) is 6.92 Å². The zero-order valence-corrected chi connectivity index (χ0v) is 12.1. The largest absolute Gasteiger partial charge is 0.362 e. The van der Waals surface area contributed by atoms with Crippen LogP contribution in [0.2, 0.25) is 5.15 Å². The molecule has 0 aliphatic rings. The average Bonchev–Trinajstić information content (AvgIpc) is 2.78. The Balaban J connectivity index is 2.17. The molecular formula is C12H17ClN6. The molecular weight excluding hydrogens is 264 g/mol. The lowest BCUT2D eigenvalue weighted by molar-refractivity contribution is 0.800. The molecule has 0 aliphatic heterocycles. The highest BCUT2D eigenvalue weighted by molar-refractivity contribution is 6.30. The van der Waals surface area contributed by atoms with E-state index in [2.05, 4.69) is 32.4 Å². The summed E-state index contributed by atoms with van der Waals surface area (Å²) in [6.07, 6.45) is 3.47. The molecule has 0 radical (unpaired) electrons. The fraction of sp³-hybridized carbons (Fsp3) is 0.500. The minimum Gasteiger partial charge on any atom is -0.362 e. The van der Waals surface area contributed by atoms with Crippen molar-refractivity contribution in [3.05, 3.63) is 28.7 Å². The van der Waals surface area contributed by atoms with Crippen molar-refractivity contribution in [1.29, 1.82) is 0 Å². The van der Waals surface area contributed by atoms with Crippen LogP contribution in [0.4, 0.5) is 5.82 Å². The summed E-state index contributed by atoms with van der Waals surface area (Å²) in [7, 11) is 1.90. The van der Waals surface area contributed by atoms with Crippen LogP contribution in [0.3, 0.4) is 0 Å². The maximum absolute atomic E-state index is 6.12. The van der Waals surface area contributed by atoms with Crippen molar-refractivity contribution in [1.82, 2.24) is 24.7 Å². The van der Waals surface area contributed by atoms with Gasteiger partial charge in [0.15, 0.2) is 5.82 Å². The van der Waals surface area contributed by atoms with Gasteiger partial charge in [-0.2, -0.15) is 0 Å². The normalized spacial score (nSPS) is 10.7. The van der Waals surface area contributed by atoms with Crippen LogP contribution < -0.4 is 5.32 Å². The average molecular weight is 281 g/mol. The van der Waals surface area contributed by atoms with Crippen LogP contribution in [0.1, 0.15) is 30.6 Å². The molecule has 102 valence electrons. The van der Waals surface area contributed by atoms with Gasteiger partial charge >= 0.3 is 0 Å². The smallest absolute Gasteiger partial charge is 0.151 e. The van der Waals surface area contributed by atoms with Gasteiger partial charge in [-0.25, -0.2) is 9.97 Å². The molecule has 0 unspecified atom stereocenters. The second-order valence-electron chi connectivity index (χ2n) is 4.37. The van der Waals surface area contributed by atoms with E-state index in [0.29, 0.717) is 11.7 Å². The van der Waals surface area contributed by atoms with E-state index in [4.69, 9.17) is 11.6 Å². The summed E-state index contributed by atoms with van der Waals surface area (Å²) in [5.74, 6) is 2.36. The topological polar surface area (TPSA) is 68.5 Å². The van der Waals surface area contributed by atoms with Gasteiger partial charge in [0.05, 0.1) is 6.54 Å². The maximum Gasteiger partial charge on any atom is 0.151 e. The number of hydrogen-bond donors (Lipinski definition) is 1. The molecule has 6 nitrogen and oxygen atoms in total. The number of aryl methyl sites for hydroxylation is 2. The lowest BCUT2D eigenvalue weighted by Gasteiger charge is -2.10. The molecule has 7 heteroatoms. The first-order chi connectivity index (χ1) is 9.11. The molecule has 0 saturated heterocycles. The first-order valence-corrected chi connectivity index (χ1v) is 6.59. The van der Waals surface area contributed by atoms with Gasteiger partial charge in [-0.3, -0.25) is 0 Å². The van der Waals surface area contributed by atoms with Gasteiger partial charge in [0.2, 0.25) is 0 Å². The van der Waals surface area contributed by atoms with Crippen molar-refractivity contribution < 1.29 is 0 Å². The third-order valence-corrected chi connectivity index (χ3v) is 3.19. The molecule has 0 atom stereocenters. The Morgan fingerprint density at radius 3 is 2.79 bits per heavy atom. The van der Waals surface area contributed by atoms with Crippen molar-refractivity contribution >= 4 is 17.4 Å². The van der Waals surface area contributed by atoms with Crippen LogP contribution in [0.25, 0.3) is 0 Å². The van der Waals surface area contributed by atoms with E-state index in [9.17, 15) is 0 Å². The number of anilines is 1. The molecule has 1 N–H and O–H groups in total. The highest BCUT2D eigenvalue weighted by atomic mass is 35.5. The van der Waals surface area contributed by atoms with E-state index in [1.54, 1.807) is 6.33 Å². The third kappa shape index (κ3) is 3.20. The van der Waals surface area contributed by atoms with Crippen molar-refractivity contribution in [2.45, 2.75) is 33.2 Å². The number of nitrogens with one attached hydrogen (secondary N) is 1. The lowest BCUT2D eigenvalue weighted by atomic mass is 10.3. The van der Waals surface area contributed by atoms with Crippen LogP contribution in [0.5, 0.6) is 0 Å². The van der Waals surface area contributed by atoms with Crippen molar-refractivity contribution in [2.75, 3.05) is 5.32 Å². The SMILES string of the molecule is CCCc1nc(Cl)c(C)c(NCc2nncn2C)n1. The van der Waals surface area contributed by atoms with E-state index in [-0.39, 0.29) is 0 Å². The third-order valence-electron chi connectivity index (χ3n) is 2.83. The molecule has 0 aliphatic carbocycles. The van der Waals surface area contributed by atoms with Crippen molar-refractivity contribution in [3.8, 4) is 0 Å². The van der Waals surface area contributed by atoms with Gasteiger partial charge in [0, 0.05) is 19.0 Å². The molecule has 0 spiro atoms. The van der Waals surface area contributed by atoms with Gasteiger partial charge in [-0.15, -0.1) is 10.2 Å². The summed E-state index contributed by atoms with van der Waals surface area (Å²) in [4.78, 5) is 8.75. The number of hydrogen-bond acceptors (Lipinski definition) is 5. The summed E-state index contributed by atoms with van der Waals surface area (Å²) in [5, 5.41) is 11.6. The van der Waals surface area contributed by atoms with Crippen LogP contribution in [-0.4, -0.2) is 24.7 Å². The molecule has 0 fully saturated rings. The molecule has 0 saturated carbocycles. The summed E-state index contributed by atoms with van der Waals surface area (Å²) in [6, 6.07) is 0. The van der Waals surface area contributed by atoms with Gasteiger partial charge in [-0.1, -0.05) is 18.5 Å². The lowest BCUT2D eigenvalue weighted by Crippen LogP contribution is -2.10. The highest BCUT2D eigenvalue weighted by Gasteiger charge is 2.10. The summed E-state index contributed by atoms with van der Waals surface area (Å²) < 4.78 is 1.86. The first kappa shape index (κ1) is 13.7. The Kier molecular flexibility index (Phi) is 4.31. The van der Waals surface area contributed by atoms with E-state index < -0.39 is 0 Å². The molecule has 0 amide bonds. The number of rotatable bonds is 5. The van der Waals surface area contributed by atoms with Crippen LogP contribution in [0.15, 0.2) is 6.33 Å². The van der Waals surface area contributed by atoms with Crippen molar-refractivity contribution in [3.63, 3.8) is 0 Å². The number of nitrogens with zero attached hydrogens (tertiary/aromatic N) is 5. The summed E-state index contributed by atoms with van der Waals surface area (Å²) in [6.45, 7) is 4.54. The quantitative estimate of drug-likeness (QED) is 0.850. The molecule has 0 aromatic carbocycles. The fourth-order valence-corrected chi connectivity index (χ4v) is 1.86. The van der Waals surface area contributed by atoms with E-state index in [1.165, 1.54) is 0 Å². The van der Waals surface area contributed by atoms with Gasteiger partial charge in [-0.05, 0) is 13.3 Å². The summed E-state index contributed by atoms with van der Waals surface area (Å²) in [5.41, 5.74) is 0.851. The standard InChI is InChI=1S/C12H17ClN6/c1-4-5-9-16-11(13)8(2)12(17-9)14-6-10-18-15-7-19(10)3/h7H,4-6H2,1-3H3,(H,14,16,17). The minimum atomic E-state index is 0.499. The molecule has 2 aromatic rings. The van der Waals surface area contributed by atoms with Crippen LogP contribution >= 0.6 is 11.6 Å². The van der Waals surface area contributed by atoms with E-state index in [0.717, 1.165) is 35.9 Å². The Hall–Kier alpha value is -1.69. The predicted molar refractivity (Wildman–Crippen MR) is 74.1 cm³/mol. The first-order valence-electron chi connectivity index (χ1n) is 6.21. The number of aromatic nitrogens is 5. The molecule has 2 heterocycles. The minimum absolute atomic E-state index is 0.499. The molecule has 2 aromatic heterocycles. The van der Waals surface area contributed by atoms with Gasteiger partial charge < -0.3 is 9.88 Å². The predicted octanol–water partition coefficient (Wildman–Crippen LogP) is 2.13. The molecule has 0 bridgehead atoms. The van der Waals surface area contributed by atoms with E-state index in [1.807, 2.05) is 18.5 Å². The monoisotopic (exact) mass is 280 g/mol. The second kappa shape index (κ2) is 5.97. The fourth-order valence-electron chi connectivity index (χ4n) is 1.67. The molecule has 19 heavy (non-hydrogen) atoms. The Labute approximate surface area is 117 Å². The zero-order valence-electron chi connectivity index (χ0n) is 11.3. The van der Waals surface area contributed by atoms with Gasteiger partial charge in [0.25, 0.3) is 0 Å². The van der Waals surface area contributed by atoms with Crippen LogP contribution in [-0.2, 0) is 20.0 Å².